The molecule has 7 heteroatoms. The van der Waals surface area contributed by atoms with Gasteiger partial charge in [0.1, 0.15) is 5.75 Å². The maximum atomic E-state index is 13.4. The van der Waals surface area contributed by atoms with Crippen LogP contribution in [-0.2, 0) is 16.0 Å². The van der Waals surface area contributed by atoms with E-state index in [1.165, 1.54) is 14.0 Å². The standard InChI is InChI=1S/C29H37NO5S/c1-18-14-21(15-19(2)27(18)35-29(4,5)20(3)31)8-9-23-16-30(28(33)34-6)17-25(23)26(32)22-10-12-24(36-7)13-11-22/h10-15,23,25H,8-9,16-17H2,1-7H3. The van der Waals surface area contributed by atoms with E-state index >= 15 is 0 Å². The molecule has 0 spiro atoms. The van der Waals surface area contributed by atoms with Crippen molar-refractivity contribution in [1.82, 2.24) is 4.90 Å². The van der Waals surface area contributed by atoms with Gasteiger partial charge in [-0.05, 0) is 88.5 Å². The summed E-state index contributed by atoms with van der Waals surface area (Å²) in [4.78, 5) is 40.4. The fraction of sp³-hybridized carbons (Fsp3) is 0.483. The van der Waals surface area contributed by atoms with Gasteiger partial charge >= 0.3 is 6.09 Å². The van der Waals surface area contributed by atoms with Crippen molar-refractivity contribution in [3.63, 3.8) is 0 Å². The Morgan fingerprint density at radius 2 is 1.67 bits per heavy atom. The zero-order valence-corrected chi connectivity index (χ0v) is 23.2. The Kier molecular flexibility index (Phi) is 8.88. The van der Waals surface area contributed by atoms with E-state index in [1.807, 2.05) is 44.4 Å². The molecule has 2 aromatic carbocycles. The number of ether oxygens (including phenoxy) is 2. The molecule has 6 nitrogen and oxygen atoms in total. The molecule has 0 bridgehead atoms. The number of nitrogens with zero attached hydrogens (tertiary/aromatic N) is 1. The number of amides is 1. The van der Waals surface area contributed by atoms with E-state index in [0.29, 0.717) is 18.7 Å². The molecule has 3 rings (SSSR count). The van der Waals surface area contributed by atoms with Crippen molar-refractivity contribution >= 4 is 29.4 Å². The van der Waals surface area contributed by atoms with E-state index in [4.69, 9.17) is 9.47 Å². The number of hydrogen-bond donors (Lipinski definition) is 0. The SMILES string of the molecule is COC(=O)N1CC(CCc2cc(C)c(OC(C)(C)C(C)=O)c(C)c2)C(C(=O)c2ccc(SC)cc2)C1. The second-order valence-electron chi connectivity index (χ2n) is 10.1. The van der Waals surface area contributed by atoms with Gasteiger partial charge in [-0.2, -0.15) is 0 Å². The maximum Gasteiger partial charge on any atom is 0.409 e. The van der Waals surface area contributed by atoms with Crippen LogP contribution in [0.3, 0.4) is 0 Å². The van der Waals surface area contributed by atoms with E-state index in [9.17, 15) is 14.4 Å². The Labute approximate surface area is 218 Å². The van der Waals surface area contributed by atoms with Gasteiger partial charge in [0.05, 0.1) is 7.11 Å². The van der Waals surface area contributed by atoms with Crippen molar-refractivity contribution in [3.8, 4) is 5.75 Å². The largest absolute Gasteiger partial charge is 0.480 e. The van der Waals surface area contributed by atoms with Gasteiger partial charge in [0, 0.05) is 29.5 Å². The smallest absolute Gasteiger partial charge is 0.409 e. The van der Waals surface area contributed by atoms with Crippen LogP contribution in [0.1, 0.15) is 54.2 Å². The van der Waals surface area contributed by atoms with Crippen molar-refractivity contribution in [2.24, 2.45) is 11.8 Å². The highest BCUT2D eigenvalue weighted by molar-refractivity contribution is 7.98. The molecular formula is C29H37NO5S. The molecule has 2 aromatic rings. The maximum absolute atomic E-state index is 13.4. The molecule has 36 heavy (non-hydrogen) atoms. The molecule has 1 fully saturated rings. The van der Waals surface area contributed by atoms with Crippen LogP contribution in [0.25, 0.3) is 0 Å². The summed E-state index contributed by atoms with van der Waals surface area (Å²) < 4.78 is 11.0. The molecular weight excluding hydrogens is 474 g/mol. The summed E-state index contributed by atoms with van der Waals surface area (Å²) in [6.45, 7) is 9.93. The molecule has 2 atom stereocenters. The Hall–Kier alpha value is -2.80. The number of carbonyl (C=O) groups excluding carboxylic acids is 3. The number of likely N-dealkylation sites (tertiary alicyclic amines) is 1. The van der Waals surface area contributed by atoms with Gasteiger partial charge in [-0.15, -0.1) is 11.8 Å². The average molecular weight is 512 g/mol. The molecule has 1 amide bonds. The zero-order chi connectivity index (χ0) is 26.6. The van der Waals surface area contributed by atoms with Gasteiger partial charge in [-0.25, -0.2) is 4.79 Å². The van der Waals surface area contributed by atoms with Crippen LogP contribution in [0.15, 0.2) is 41.3 Å². The summed E-state index contributed by atoms with van der Waals surface area (Å²) in [5.41, 5.74) is 2.88. The number of hydrogen-bond acceptors (Lipinski definition) is 6. The van der Waals surface area contributed by atoms with E-state index in [2.05, 4.69) is 12.1 Å². The van der Waals surface area contributed by atoms with E-state index in [1.54, 1.807) is 30.5 Å². The van der Waals surface area contributed by atoms with Crippen LogP contribution in [0, 0.1) is 25.7 Å². The van der Waals surface area contributed by atoms with Crippen LogP contribution in [-0.4, -0.2) is 54.6 Å². The predicted molar refractivity (Wildman–Crippen MR) is 143 cm³/mol. The molecule has 1 saturated heterocycles. The summed E-state index contributed by atoms with van der Waals surface area (Å²) in [5, 5.41) is 0. The van der Waals surface area contributed by atoms with Crippen molar-refractivity contribution in [3.05, 3.63) is 58.7 Å². The highest BCUT2D eigenvalue weighted by Gasteiger charge is 2.40. The highest BCUT2D eigenvalue weighted by atomic mass is 32.2. The first kappa shape index (κ1) is 27.8. The number of Topliss-reactive ketones (excluding diaryl/α,β-unsaturated/α-hetero) is 2. The van der Waals surface area contributed by atoms with Gasteiger partial charge in [0.2, 0.25) is 0 Å². The first-order valence-electron chi connectivity index (χ1n) is 12.3. The lowest BCUT2D eigenvalue weighted by Gasteiger charge is -2.26. The van der Waals surface area contributed by atoms with E-state index in [-0.39, 0.29) is 23.4 Å². The normalized spacial score (nSPS) is 17.7. The molecule has 0 N–H and O–H groups in total. The van der Waals surface area contributed by atoms with Crippen LogP contribution >= 0.6 is 11.8 Å². The minimum absolute atomic E-state index is 0.0273. The van der Waals surface area contributed by atoms with Gasteiger partial charge in [-0.3, -0.25) is 9.59 Å². The fourth-order valence-electron chi connectivity index (χ4n) is 4.73. The van der Waals surface area contributed by atoms with Crippen molar-refractivity contribution in [1.29, 1.82) is 0 Å². The first-order chi connectivity index (χ1) is 17.0. The van der Waals surface area contributed by atoms with Gasteiger partial charge < -0.3 is 14.4 Å². The molecule has 0 radical (unpaired) electrons. The zero-order valence-electron chi connectivity index (χ0n) is 22.3. The summed E-state index contributed by atoms with van der Waals surface area (Å²) >= 11 is 1.64. The second-order valence-corrected chi connectivity index (χ2v) is 11.0. The summed E-state index contributed by atoms with van der Waals surface area (Å²) in [7, 11) is 1.37. The quantitative estimate of drug-likeness (QED) is 0.308. The first-order valence-corrected chi connectivity index (χ1v) is 13.5. The Balaban J connectivity index is 1.77. The molecule has 194 valence electrons. The number of benzene rings is 2. The third-order valence-corrected chi connectivity index (χ3v) is 7.86. The molecule has 1 aliphatic rings. The predicted octanol–water partition coefficient (Wildman–Crippen LogP) is 5.90. The number of carbonyl (C=O) groups is 3. The Morgan fingerprint density at radius 1 is 1.06 bits per heavy atom. The number of rotatable bonds is 9. The lowest BCUT2D eigenvalue weighted by atomic mass is 9.84. The van der Waals surface area contributed by atoms with Gasteiger partial charge in [-0.1, -0.05) is 24.3 Å². The van der Waals surface area contributed by atoms with Crippen LogP contribution < -0.4 is 4.74 Å². The third-order valence-electron chi connectivity index (χ3n) is 7.11. The topological polar surface area (TPSA) is 72.9 Å². The number of aryl methyl sites for hydroxylation is 3. The molecule has 2 unspecified atom stereocenters. The van der Waals surface area contributed by atoms with Gasteiger partial charge in [0.25, 0.3) is 0 Å². The monoisotopic (exact) mass is 511 g/mol. The minimum Gasteiger partial charge on any atom is -0.480 e. The number of ketones is 2. The van der Waals surface area contributed by atoms with Crippen molar-refractivity contribution in [2.75, 3.05) is 26.5 Å². The molecule has 1 heterocycles. The van der Waals surface area contributed by atoms with E-state index < -0.39 is 11.7 Å². The van der Waals surface area contributed by atoms with Crippen LogP contribution in [0.5, 0.6) is 5.75 Å². The Morgan fingerprint density at radius 3 is 2.19 bits per heavy atom. The minimum atomic E-state index is -0.889. The van der Waals surface area contributed by atoms with Crippen molar-refractivity contribution in [2.45, 2.75) is 58.0 Å². The van der Waals surface area contributed by atoms with Crippen LogP contribution in [0.2, 0.25) is 0 Å². The summed E-state index contributed by atoms with van der Waals surface area (Å²) in [6, 6.07) is 11.8. The third kappa shape index (κ3) is 6.30. The Bertz CT molecular complexity index is 1100. The molecule has 0 aliphatic carbocycles. The second kappa shape index (κ2) is 11.5. The number of methoxy groups -OCH3 is 1. The summed E-state index contributed by atoms with van der Waals surface area (Å²) in [5.74, 6) is 0.538. The highest BCUT2D eigenvalue weighted by Crippen LogP contribution is 2.33. The lowest BCUT2D eigenvalue weighted by Crippen LogP contribution is -2.36. The summed E-state index contributed by atoms with van der Waals surface area (Å²) in [6.07, 6.45) is 3.15. The van der Waals surface area contributed by atoms with Crippen molar-refractivity contribution < 1.29 is 23.9 Å². The lowest BCUT2D eigenvalue weighted by molar-refractivity contribution is -0.129. The molecule has 0 aromatic heterocycles. The average Bonchev–Trinajstić information content (AvgIpc) is 3.28. The fourth-order valence-corrected chi connectivity index (χ4v) is 5.14. The number of thioether (sulfide) groups is 1. The molecule has 1 aliphatic heterocycles. The van der Waals surface area contributed by atoms with Crippen LogP contribution in [0.4, 0.5) is 4.79 Å². The van der Waals surface area contributed by atoms with E-state index in [0.717, 1.165) is 40.2 Å². The molecule has 0 saturated carbocycles. The van der Waals surface area contributed by atoms with Gasteiger partial charge in [0.15, 0.2) is 17.2 Å².